The van der Waals surface area contributed by atoms with Crippen LogP contribution in [0.3, 0.4) is 0 Å². The van der Waals surface area contributed by atoms with Crippen LogP contribution in [0.25, 0.3) is 0 Å². The molecule has 0 spiro atoms. The summed E-state index contributed by atoms with van der Waals surface area (Å²) in [4.78, 5) is 0. The lowest BCUT2D eigenvalue weighted by atomic mass is 9.84. The van der Waals surface area contributed by atoms with E-state index in [1.165, 1.54) is 32.1 Å². The zero-order valence-corrected chi connectivity index (χ0v) is 9.82. The Labute approximate surface area is 96.6 Å². The molecule has 2 rings (SSSR count). The number of hydrogen-bond donors (Lipinski definition) is 2. The first-order chi connectivity index (χ1) is 7.78. The molecule has 0 amide bonds. The van der Waals surface area contributed by atoms with Gasteiger partial charge in [-0.25, -0.2) is 0 Å². The van der Waals surface area contributed by atoms with Gasteiger partial charge < -0.3 is 11.1 Å². The van der Waals surface area contributed by atoms with Gasteiger partial charge in [0.1, 0.15) is 11.6 Å². The molecule has 88 valence electrons. The molecule has 3 N–H and O–H groups in total. The second-order valence-electron chi connectivity index (χ2n) is 4.63. The molecule has 16 heavy (non-hydrogen) atoms. The Bertz CT molecular complexity index is 322. The minimum atomic E-state index is 0.473. The number of aromatic nitrogens is 2. The molecule has 2 atom stereocenters. The van der Waals surface area contributed by atoms with E-state index in [0.717, 1.165) is 11.7 Å². The van der Waals surface area contributed by atoms with Crippen molar-refractivity contribution in [1.82, 2.24) is 10.2 Å². The predicted molar refractivity (Wildman–Crippen MR) is 66.1 cm³/mol. The molecule has 0 bridgehead atoms. The van der Waals surface area contributed by atoms with Crippen molar-refractivity contribution in [3.05, 3.63) is 12.1 Å². The van der Waals surface area contributed by atoms with Gasteiger partial charge in [0.2, 0.25) is 0 Å². The van der Waals surface area contributed by atoms with Crippen LogP contribution in [0.5, 0.6) is 0 Å². The SMILES string of the molecule is CCC1CCCC(Nc2ccc(N)nn2)C1. The molecule has 0 saturated heterocycles. The highest BCUT2D eigenvalue weighted by atomic mass is 15.2. The summed E-state index contributed by atoms with van der Waals surface area (Å²) in [5.74, 6) is 2.18. The smallest absolute Gasteiger partial charge is 0.149 e. The molecule has 0 radical (unpaired) electrons. The molecule has 1 heterocycles. The maximum atomic E-state index is 5.50. The number of nitrogens with one attached hydrogen (secondary N) is 1. The summed E-state index contributed by atoms with van der Waals surface area (Å²) >= 11 is 0. The van der Waals surface area contributed by atoms with E-state index in [1.54, 1.807) is 6.07 Å². The van der Waals surface area contributed by atoms with Crippen LogP contribution in [0.2, 0.25) is 0 Å². The van der Waals surface area contributed by atoms with E-state index in [1.807, 2.05) is 6.07 Å². The normalized spacial score (nSPS) is 25.3. The van der Waals surface area contributed by atoms with Gasteiger partial charge in [0.15, 0.2) is 0 Å². The molecule has 1 aliphatic rings. The van der Waals surface area contributed by atoms with Gasteiger partial charge >= 0.3 is 0 Å². The summed E-state index contributed by atoms with van der Waals surface area (Å²) in [5.41, 5.74) is 5.50. The topological polar surface area (TPSA) is 63.8 Å². The average molecular weight is 220 g/mol. The van der Waals surface area contributed by atoms with E-state index in [0.29, 0.717) is 11.9 Å². The predicted octanol–water partition coefficient (Wildman–Crippen LogP) is 2.44. The highest BCUT2D eigenvalue weighted by Gasteiger charge is 2.20. The van der Waals surface area contributed by atoms with E-state index in [-0.39, 0.29) is 0 Å². The van der Waals surface area contributed by atoms with Crippen molar-refractivity contribution in [2.45, 2.75) is 45.1 Å². The molecule has 1 saturated carbocycles. The van der Waals surface area contributed by atoms with Gasteiger partial charge in [-0.2, -0.15) is 0 Å². The Morgan fingerprint density at radius 3 is 2.94 bits per heavy atom. The lowest BCUT2D eigenvalue weighted by molar-refractivity contribution is 0.327. The number of nitrogens with zero attached hydrogens (tertiary/aromatic N) is 2. The highest BCUT2D eigenvalue weighted by molar-refractivity contribution is 5.39. The van der Waals surface area contributed by atoms with Crippen molar-refractivity contribution < 1.29 is 0 Å². The molecule has 1 aromatic heterocycles. The summed E-state index contributed by atoms with van der Waals surface area (Å²) < 4.78 is 0. The van der Waals surface area contributed by atoms with E-state index in [2.05, 4.69) is 22.4 Å². The second-order valence-corrected chi connectivity index (χ2v) is 4.63. The van der Waals surface area contributed by atoms with Gasteiger partial charge in [-0.3, -0.25) is 0 Å². The number of anilines is 2. The number of rotatable bonds is 3. The molecule has 0 aliphatic heterocycles. The molecule has 2 unspecified atom stereocenters. The van der Waals surface area contributed by atoms with E-state index in [9.17, 15) is 0 Å². The third-order valence-electron chi connectivity index (χ3n) is 3.40. The highest BCUT2D eigenvalue weighted by Crippen LogP contribution is 2.28. The van der Waals surface area contributed by atoms with Crippen molar-refractivity contribution in [2.75, 3.05) is 11.1 Å². The first-order valence-corrected chi connectivity index (χ1v) is 6.13. The van der Waals surface area contributed by atoms with E-state index >= 15 is 0 Å². The third kappa shape index (κ3) is 2.84. The van der Waals surface area contributed by atoms with Gasteiger partial charge in [0.05, 0.1) is 0 Å². The fourth-order valence-corrected chi connectivity index (χ4v) is 2.42. The molecule has 4 nitrogen and oxygen atoms in total. The molecule has 4 heteroatoms. The summed E-state index contributed by atoms with van der Waals surface area (Å²) in [5, 5.41) is 11.3. The fourth-order valence-electron chi connectivity index (χ4n) is 2.42. The van der Waals surface area contributed by atoms with E-state index in [4.69, 9.17) is 5.73 Å². The molecule has 1 aliphatic carbocycles. The van der Waals surface area contributed by atoms with Gasteiger partial charge in [-0.1, -0.05) is 26.2 Å². The van der Waals surface area contributed by atoms with Crippen LogP contribution < -0.4 is 11.1 Å². The van der Waals surface area contributed by atoms with Crippen molar-refractivity contribution in [3.8, 4) is 0 Å². The van der Waals surface area contributed by atoms with Crippen LogP contribution in [-0.2, 0) is 0 Å². The van der Waals surface area contributed by atoms with Crippen LogP contribution >= 0.6 is 0 Å². The van der Waals surface area contributed by atoms with Crippen molar-refractivity contribution in [1.29, 1.82) is 0 Å². The first-order valence-electron chi connectivity index (χ1n) is 6.13. The Balaban J connectivity index is 1.91. The zero-order valence-electron chi connectivity index (χ0n) is 9.82. The van der Waals surface area contributed by atoms with Crippen LogP contribution in [-0.4, -0.2) is 16.2 Å². The quantitative estimate of drug-likeness (QED) is 0.821. The monoisotopic (exact) mass is 220 g/mol. The second kappa shape index (κ2) is 5.14. The Hall–Kier alpha value is -1.32. The molecule has 0 aromatic carbocycles. The van der Waals surface area contributed by atoms with E-state index < -0.39 is 0 Å². The molecular weight excluding hydrogens is 200 g/mol. The van der Waals surface area contributed by atoms with Crippen molar-refractivity contribution in [2.24, 2.45) is 5.92 Å². The fraction of sp³-hybridized carbons (Fsp3) is 0.667. The van der Waals surface area contributed by atoms with Crippen LogP contribution in [0.4, 0.5) is 11.6 Å². The summed E-state index contributed by atoms with van der Waals surface area (Å²) in [6.45, 7) is 2.27. The maximum absolute atomic E-state index is 5.50. The molecular formula is C12H20N4. The Morgan fingerprint density at radius 1 is 1.38 bits per heavy atom. The Morgan fingerprint density at radius 2 is 2.25 bits per heavy atom. The zero-order chi connectivity index (χ0) is 11.4. The summed E-state index contributed by atoms with van der Waals surface area (Å²) in [7, 11) is 0. The van der Waals surface area contributed by atoms with Crippen molar-refractivity contribution >= 4 is 11.6 Å². The standard InChI is InChI=1S/C12H20N4/c1-2-9-4-3-5-10(8-9)14-12-7-6-11(13)15-16-12/h6-7,9-10H,2-5,8H2,1H3,(H2,13,15)(H,14,16). The number of hydrogen-bond acceptors (Lipinski definition) is 4. The minimum absolute atomic E-state index is 0.473. The lowest BCUT2D eigenvalue weighted by Crippen LogP contribution is -2.27. The lowest BCUT2D eigenvalue weighted by Gasteiger charge is -2.29. The number of nitrogens with two attached hydrogens (primary N) is 1. The molecule has 1 aromatic rings. The summed E-state index contributed by atoms with van der Waals surface area (Å²) in [6.07, 6.45) is 6.47. The largest absolute Gasteiger partial charge is 0.382 e. The van der Waals surface area contributed by atoms with Crippen LogP contribution in [0.15, 0.2) is 12.1 Å². The van der Waals surface area contributed by atoms with Crippen LogP contribution in [0.1, 0.15) is 39.0 Å². The first kappa shape index (κ1) is 11.2. The average Bonchev–Trinajstić information content (AvgIpc) is 2.32. The van der Waals surface area contributed by atoms with Gasteiger partial charge in [0, 0.05) is 6.04 Å². The number of nitrogen functional groups attached to an aromatic ring is 1. The van der Waals surface area contributed by atoms with Crippen molar-refractivity contribution in [3.63, 3.8) is 0 Å². The molecule has 1 fully saturated rings. The summed E-state index contributed by atoms with van der Waals surface area (Å²) in [6, 6.07) is 4.24. The van der Waals surface area contributed by atoms with Gasteiger partial charge in [-0.15, -0.1) is 10.2 Å². The van der Waals surface area contributed by atoms with Crippen LogP contribution in [0, 0.1) is 5.92 Å². The minimum Gasteiger partial charge on any atom is -0.382 e. The maximum Gasteiger partial charge on any atom is 0.149 e. The van der Waals surface area contributed by atoms with Gasteiger partial charge in [-0.05, 0) is 30.9 Å². The Kier molecular flexibility index (Phi) is 3.59. The third-order valence-corrected chi connectivity index (χ3v) is 3.40. The van der Waals surface area contributed by atoms with Gasteiger partial charge in [0.25, 0.3) is 0 Å².